The van der Waals surface area contributed by atoms with Gasteiger partial charge in [0.25, 0.3) is 0 Å². The molecule has 0 bridgehead atoms. The van der Waals surface area contributed by atoms with Gasteiger partial charge in [0, 0.05) is 5.56 Å². The number of fused-ring (bicyclic) bond motifs is 1. The first-order chi connectivity index (χ1) is 9.77. The van der Waals surface area contributed by atoms with E-state index >= 15 is 0 Å². The zero-order chi connectivity index (χ0) is 13.9. The number of nitrogens with two attached hydrogens (primary N) is 1. The minimum atomic E-state index is -0.623. The van der Waals surface area contributed by atoms with E-state index in [4.69, 9.17) is 5.73 Å². The Morgan fingerprint density at radius 1 is 0.800 bits per heavy atom. The van der Waals surface area contributed by atoms with E-state index in [1.54, 1.807) is 0 Å². The summed E-state index contributed by atoms with van der Waals surface area (Å²) in [4.78, 5) is 12.6. The quantitative estimate of drug-likeness (QED) is 0.730. The highest BCUT2D eigenvalue weighted by molar-refractivity contribution is 6.10. The first-order valence-corrected chi connectivity index (χ1v) is 6.60. The molecule has 0 amide bonds. The zero-order valence-corrected chi connectivity index (χ0v) is 11.0. The van der Waals surface area contributed by atoms with Crippen LogP contribution in [0.15, 0.2) is 72.8 Å². The van der Waals surface area contributed by atoms with Crippen LogP contribution in [0.1, 0.15) is 22.0 Å². The second-order valence-electron chi connectivity index (χ2n) is 4.78. The van der Waals surface area contributed by atoms with Crippen LogP contribution in [0.4, 0.5) is 0 Å². The van der Waals surface area contributed by atoms with Gasteiger partial charge in [0.05, 0.1) is 6.04 Å². The standard InChI is InChI=1S/C18H15NO/c19-17(14-8-2-1-3-9-14)18(20)16-12-6-10-13-7-4-5-11-15(13)16/h1-12,17H,19H2/t17-/m1/s1. The fourth-order valence-electron chi connectivity index (χ4n) is 2.42. The van der Waals surface area contributed by atoms with Crippen molar-refractivity contribution in [3.05, 3.63) is 83.9 Å². The van der Waals surface area contributed by atoms with E-state index in [1.807, 2.05) is 72.8 Å². The van der Waals surface area contributed by atoms with Crippen LogP contribution in [0.5, 0.6) is 0 Å². The normalized spacial score (nSPS) is 12.2. The van der Waals surface area contributed by atoms with Gasteiger partial charge in [-0.3, -0.25) is 4.79 Å². The average molecular weight is 261 g/mol. The van der Waals surface area contributed by atoms with Crippen molar-refractivity contribution in [2.45, 2.75) is 6.04 Å². The van der Waals surface area contributed by atoms with E-state index in [9.17, 15) is 4.79 Å². The largest absolute Gasteiger partial charge is 0.318 e. The number of benzene rings is 3. The van der Waals surface area contributed by atoms with Crippen molar-refractivity contribution < 1.29 is 4.79 Å². The number of carbonyl (C=O) groups excluding carboxylic acids is 1. The van der Waals surface area contributed by atoms with Gasteiger partial charge in [-0.2, -0.15) is 0 Å². The minimum absolute atomic E-state index is 0.0481. The highest BCUT2D eigenvalue weighted by Crippen LogP contribution is 2.23. The number of ketones is 1. The number of hydrogen-bond donors (Lipinski definition) is 1. The summed E-state index contributed by atoms with van der Waals surface area (Å²) in [5.41, 5.74) is 7.63. The lowest BCUT2D eigenvalue weighted by Crippen LogP contribution is -2.21. The maximum absolute atomic E-state index is 12.6. The van der Waals surface area contributed by atoms with E-state index in [1.165, 1.54) is 0 Å². The second-order valence-corrected chi connectivity index (χ2v) is 4.78. The molecule has 0 aliphatic carbocycles. The topological polar surface area (TPSA) is 43.1 Å². The predicted molar refractivity (Wildman–Crippen MR) is 81.6 cm³/mol. The van der Waals surface area contributed by atoms with Crippen molar-refractivity contribution in [3.63, 3.8) is 0 Å². The van der Waals surface area contributed by atoms with Gasteiger partial charge in [0.1, 0.15) is 0 Å². The molecule has 20 heavy (non-hydrogen) atoms. The van der Waals surface area contributed by atoms with E-state index in [2.05, 4.69) is 0 Å². The van der Waals surface area contributed by atoms with Gasteiger partial charge >= 0.3 is 0 Å². The van der Waals surface area contributed by atoms with Gasteiger partial charge in [-0.05, 0) is 16.3 Å². The first-order valence-electron chi connectivity index (χ1n) is 6.60. The third kappa shape index (κ3) is 2.22. The van der Waals surface area contributed by atoms with Crippen LogP contribution in [0.3, 0.4) is 0 Å². The molecule has 0 aromatic heterocycles. The molecule has 0 fully saturated rings. The van der Waals surface area contributed by atoms with Crippen LogP contribution in [0.25, 0.3) is 10.8 Å². The Labute approximate surface area is 117 Å². The highest BCUT2D eigenvalue weighted by atomic mass is 16.1. The Hall–Kier alpha value is -2.45. The molecular weight excluding hydrogens is 246 g/mol. The molecule has 98 valence electrons. The molecular formula is C18H15NO. The van der Waals surface area contributed by atoms with Crippen molar-refractivity contribution in [2.75, 3.05) is 0 Å². The minimum Gasteiger partial charge on any atom is -0.318 e. The van der Waals surface area contributed by atoms with Crippen molar-refractivity contribution in [3.8, 4) is 0 Å². The second kappa shape index (κ2) is 5.27. The van der Waals surface area contributed by atoms with Gasteiger partial charge in [0.15, 0.2) is 5.78 Å². The number of carbonyl (C=O) groups is 1. The fourth-order valence-corrected chi connectivity index (χ4v) is 2.42. The van der Waals surface area contributed by atoms with Gasteiger partial charge in [0.2, 0.25) is 0 Å². The predicted octanol–water partition coefficient (Wildman–Crippen LogP) is 3.72. The molecule has 3 aromatic carbocycles. The summed E-state index contributed by atoms with van der Waals surface area (Å²) in [6.45, 7) is 0. The molecule has 3 rings (SSSR count). The van der Waals surface area contributed by atoms with Crippen LogP contribution in [0, 0.1) is 0 Å². The molecule has 0 saturated carbocycles. The maximum Gasteiger partial charge on any atom is 0.184 e. The van der Waals surface area contributed by atoms with E-state index < -0.39 is 6.04 Å². The van der Waals surface area contributed by atoms with Crippen molar-refractivity contribution in [1.29, 1.82) is 0 Å². The summed E-state index contributed by atoms with van der Waals surface area (Å²) in [6, 6.07) is 22.4. The smallest absolute Gasteiger partial charge is 0.184 e. The molecule has 0 saturated heterocycles. The van der Waals surface area contributed by atoms with E-state index in [0.717, 1.165) is 16.3 Å². The molecule has 0 unspecified atom stereocenters. The molecule has 3 aromatic rings. The van der Waals surface area contributed by atoms with E-state index in [-0.39, 0.29) is 5.78 Å². The SMILES string of the molecule is N[C@@H](C(=O)c1cccc2ccccc12)c1ccccc1. The Bertz CT molecular complexity index is 744. The molecule has 0 spiro atoms. The highest BCUT2D eigenvalue weighted by Gasteiger charge is 2.19. The molecule has 0 heterocycles. The third-order valence-electron chi connectivity index (χ3n) is 3.50. The molecule has 0 aliphatic rings. The lowest BCUT2D eigenvalue weighted by molar-refractivity contribution is 0.0963. The Balaban J connectivity index is 2.05. The summed E-state index contributed by atoms with van der Waals surface area (Å²) in [7, 11) is 0. The van der Waals surface area contributed by atoms with Crippen LogP contribution >= 0.6 is 0 Å². The van der Waals surface area contributed by atoms with Crippen LogP contribution in [-0.2, 0) is 0 Å². The lowest BCUT2D eigenvalue weighted by atomic mass is 9.94. The van der Waals surface area contributed by atoms with Gasteiger partial charge in [-0.15, -0.1) is 0 Å². The summed E-state index contributed by atoms with van der Waals surface area (Å²) < 4.78 is 0. The molecule has 2 heteroatoms. The lowest BCUT2D eigenvalue weighted by Gasteiger charge is -2.12. The average Bonchev–Trinajstić information content (AvgIpc) is 2.54. The van der Waals surface area contributed by atoms with Crippen molar-refractivity contribution in [1.82, 2.24) is 0 Å². The van der Waals surface area contributed by atoms with Gasteiger partial charge in [-0.1, -0.05) is 72.8 Å². The number of rotatable bonds is 3. The Morgan fingerprint density at radius 2 is 1.45 bits per heavy atom. The summed E-state index contributed by atoms with van der Waals surface area (Å²) in [6.07, 6.45) is 0. The Kier molecular flexibility index (Phi) is 3.32. The van der Waals surface area contributed by atoms with Crippen LogP contribution in [0.2, 0.25) is 0 Å². The van der Waals surface area contributed by atoms with Crippen molar-refractivity contribution >= 4 is 16.6 Å². The summed E-state index contributed by atoms with van der Waals surface area (Å²) >= 11 is 0. The molecule has 2 nitrogen and oxygen atoms in total. The monoisotopic (exact) mass is 261 g/mol. The molecule has 1 atom stereocenters. The van der Waals surface area contributed by atoms with Crippen molar-refractivity contribution in [2.24, 2.45) is 5.73 Å². The fraction of sp³-hybridized carbons (Fsp3) is 0.0556. The van der Waals surface area contributed by atoms with Gasteiger partial charge < -0.3 is 5.73 Å². The molecule has 0 aliphatic heterocycles. The van der Waals surface area contributed by atoms with E-state index in [0.29, 0.717) is 5.56 Å². The maximum atomic E-state index is 12.6. The van der Waals surface area contributed by atoms with Crippen LogP contribution in [-0.4, -0.2) is 5.78 Å². The number of Topliss-reactive ketones (excluding diaryl/α,β-unsaturated/α-hetero) is 1. The molecule has 0 radical (unpaired) electrons. The summed E-state index contributed by atoms with van der Waals surface area (Å²) in [5, 5.41) is 2.00. The summed E-state index contributed by atoms with van der Waals surface area (Å²) in [5.74, 6) is -0.0481. The first kappa shape index (κ1) is 12.6. The van der Waals surface area contributed by atoms with Crippen LogP contribution < -0.4 is 5.73 Å². The zero-order valence-electron chi connectivity index (χ0n) is 11.0. The third-order valence-corrected chi connectivity index (χ3v) is 3.50. The Morgan fingerprint density at radius 3 is 2.25 bits per heavy atom. The molecule has 2 N–H and O–H groups in total. The number of hydrogen-bond acceptors (Lipinski definition) is 2. The van der Waals surface area contributed by atoms with Gasteiger partial charge in [-0.25, -0.2) is 0 Å².